The molecule has 2 rings (SSSR count). The summed E-state index contributed by atoms with van der Waals surface area (Å²) in [7, 11) is 1.99. The molecule has 0 fully saturated rings. The van der Waals surface area contributed by atoms with Gasteiger partial charge in [-0.05, 0) is 35.6 Å². The summed E-state index contributed by atoms with van der Waals surface area (Å²) in [6, 6.07) is 10.5. The predicted molar refractivity (Wildman–Crippen MR) is 89.6 cm³/mol. The third-order valence-electron chi connectivity index (χ3n) is 3.40. The van der Waals surface area contributed by atoms with Gasteiger partial charge in [-0.15, -0.1) is 11.3 Å². The second kappa shape index (κ2) is 9.34. The Bertz CT molecular complexity index is 618. The third-order valence-corrected chi connectivity index (χ3v) is 4.28. The van der Waals surface area contributed by atoms with Gasteiger partial charge in [0.05, 0.1) is 11.9 Å². The number of hydrogen-bond donors (Lipinski definition) is 2. The molecule has 1 heterocycles. The molecule has 0 aliphatic carbocycles. The van der Waals surface area contributed by atoms with Crippen molar-refractivity contribution in [2.75, 3.05) is 20.1 Å². The second-order valence-electron chi connectivity index (χ2n) is 5.51. The van der Waals surface area contributed by atoms with Gasteiger partial charge in [0.1, 0.15) is 12.3 Å². The number of hydrogen-bond acceptors (Lipinski definition) is 3. The number of carbonyl (C=O) groups excluding carboxylic acids is 1. The molecule has 1 unspecified atom stereocenters. The Kier molecular flexibility index (Phi) is 7.14. The van der Waals surface area contributed by atoms with E-state index in [0.717, 1.165) is 17.0 Å². The molecule has 0 bridgehead atoms. The molecular formula is C17H21F2N2O2S+. The lowest BCUT2D eigenvalue weighted by atomic mass is 10.1. The number of benzene rings is 1. The van der Waals surface area contributed by atoms with Crippen molar-refractivity contribution in [2.24, 2.45) is 0 Å². The van der Waals surface area contributed by atoms with Crippen molar-refractivity contribution < 1.29 is 23.2 Å². The van der Waals surface area contributed by atoms with Crippen molar-refractivity contribution >= 4 is 17.2 Å². The largest absolute Gasteiger partial charge is 0.435 e. The number of halogens is 2. The minimum Gasteiger partial charge on any atom is -0.435 e. The Labute approximate surface area is 144 Å². The smallest absolute Gasteiger partial charge is 0.387 e. The van der Waals surface area contributed by atoms with Crippen LogP contribution in [0.4, 0.5) is 8.78 Å². The number of nitrogens with one attached hydrogen (secondary N) is 2. The van der Waals surface area contributed by atoms with Crippen LogP contribution in [0.5, 0.6) is 5.75 Å². The van der Waals surface area contributed by atoms with Crippen LogP contribution in [0.3, 0.4) is 0 Å². The average Bonchev–Trinajstić information content (AvgIpc) is 3.01. The van der Waals surface area contributed by atoms with E-state index in [4.69, 9.17) is 0 Å². The Hall–Kier alpha value is -1.99. The molecule has 0 aliphatic heterocycles. The van der Waals surface area contributed by atoms with Crippen LogP contribution in [0.15, 0.2) is 41.8 Å². The van der Waals surface area contributed by atoms with Gasteiger partial charge in [0.15, 0.2) is 6.54 Å². The molecule has 0 saturated carbocycles. The fraction of sp³-hybridized carbons (Fsp3) is 0.353. The highest BCUT2D eigenvalue weighted by atomic mass is 32.1. The van der Waals surface area contributed by atoms with Crippen LogP contribution in [0.1, 0.15) is 10.4 Å². The van der Waals surface area contributed by atoms with E-state index in [-0.39, 0.29) is 11.7 Å². The SMILES string of the molecule is C[NH+](CC(=O)NCCc1ccc(OC(F)F)cc1)Cc1cccs1. The predicted octanol–water partition coefficient (Wildman–Crippen LogP) is 1.72. The first-order valence-corrected chi connectivity index (χ1v) is 8.55. The molecule has 1 amide bonds. The van der Waals surface area contributed by atoms with Gasteiger partial charge in [-0.25, -0.2) is 0 Å². The Morgan fingerprint density at radius 1 is 1.29 bits per heavy atom. The molecule has 1 atom stereocenters. The lowest BCUT2D eigenvalue weighted by molar-refractivity contribution is -0.885. The number of thiophene rings is 1. The van der Waals surface area contributed by atoms with Crippen molar-refractivity contribution in [3.8, 4) is 5.75 Å². The summed E-state index contributed by atoms with van der Waals surface area (Å²) in [5.74, 6) is 0.137. The van der Waals surface area contributed by atoms with E-state index in [2.05, 4.69) is 16.1 Å². The molecular weight excluding hydrogens is 334 g/mol. The quantitative estimate of drug-likeness (QED) is 0.719. The van der Waals surface area contributed by atoms with Gasteiger partial charge in [0.25, 0.3) is 5.91 Å². The number of rotatable bonds is 9. The fourth-order valence-electron chi connectivity index (χ4n) is 2.29. The Balaban J connectivity index is 1.66. The number of ether oxygens (including phenoxy) is 1. The van der Waals surface area contributed by atoms with Crippen LogP contribution in [0, 0.1) is 0 Å². The maximum Gasteiger partial charge on any atom is 0.387 e. The summed E-state index contributed by atoms with van der Waals surface area (Å²) >= 11 is 1.69. The van der Waals surface area contributed by atoms with E-state index < -0.39 is 6.61 Å². The minimum absolute atomic E-state index is 0.00158. The molecule has 24 heavy (non-hydrogen) atoms. The van der Waals surface area contributed by atoms with E-state index in [1.54, 1.807) is 23.5 Å². The van der Waals surface area contributed by atoms with Gasteiger partial charge in [-0.1, -0.05) is 18.2 Å². The first-order chi connectivity index (χ1) is 11.5. The van der Waals surface area contributed by atoms with E-state index in [1.807, 2.05) is 18.5 Å². The van der Waals surface area contributed by atoms with Crippen LogP contribution >= 0.6 is 11.3 Å². The highest BCUT2D eigenvalue weighted by Gasteiger charge is 2.10. The molecule has 0 saturated heterocycles. The maximum absolute atomic E-state index is 12.1. The summed E-state index contributed by atoms with van der Waals surface area (Å²) < 4.78 is 28.4. The van der Waals surface area contributed by atoms with Crippen molar-refractivity contribution in [3.63, 3.8) is 0 Å². The zero-order valence-electron chi connectivity index (χ0n) is 13.4. The van der Waals surface area contributed by atoms with Gasteiger partial charge in [0, 0.05) is 6.54 Å². The van der Waals surface area contributed by atoms with Crippen molar-refractivity contribution in [1.82, 2.24) is 5.32 Å². The number of carbonyl (C=O) groups is 1. The number of amides is 1. The van der Waals surface area contributed by atoms with E-state index in [1.165, 1.54) is 17.0 Å². The van der Waals surface area contributed by atoms with Gasteiger partial charge in [-0.2, -0.15) is 8.78 Å². The van der Waals surface area contributed by atoms with Crippen molar-refractivity contribution in [1.29, 1.82) is 0 Å². The van der Waals surface area contributed by atoms with Crippen LogP contribution in [-0.2, 0) is 17.8 Å². The molecule has 0 spiro atoms. The number of likely N-dealkylation sites (N-methyl/N-ethyl adjacent to an activating group) is 1. The topological polar surface area (TPSA) is 42.8 Å². The summed E-state index contributed by atoms with van der Waals surface area (Å²) in [6.07, 6.45) is 0.644. The molecule has 1 aromatic carbocycles. The van der Waals surface area contributed by atoms with Crippen LogP contribution < -0.4 is 15.0 Å². The van der Waals surface area contributed by atoms with Crippen LogP contribution in [0.2, 0.25) is 0 Å². The molecule has 1 aromatic heterocycles. The number of quaternary nitrogens is 1. The first-order valence-electron chi connectivity index (χ1n) is 7.67. The average molecular weight is 355 g/mol. The van der Waals surface area contributed by atoms with E-state index in [9.17, 15) is 13.6 Å². The molecule has 0 aliphatic rings. The van der Waals surface area contributed by atoms with Gasteiger partial charge in [-0.3, -0.25) is 4.79 Å². The molecule has 7 heteroatoms. The normalized spacial score (nSPS) is 12.2. The Morgan fingerprint density at radius 2 is 2.04 bits per heavy atom. The maximum atomic E-state index is 12.1. The third kappa shape index (κ3) is 6.64. The van der Waals surface area contributed by atoms with E-state index >= 15 is 0 Å². The Morgan fingerprint density at radius 3 is 2.67 bits per heavy atom. The highest BCUT2D eigenvalue weighted by molar-refractivity contribution is 7.09. The van der Waals surface area contributed by atoms with Gasteiger partial charge >= 0.3 is 6.61 Å². The summed E-state index contributed by atoms with van der Waals surface area (Å²) in [5, 5.41) is 4.91. The summed E-state index contributed by atoms with van der Waals surface area (Å²) in [6.45, 7) is -1.06. The van der Waals surface area contributed by atoms with Crippen molar-refractivity contribution in [2.45, 2.75) is 19.6 Å². The minimum atomic E-state index is -2.82. The van der Waals surface area contributed by atoms with Gasteiger partial charge in [0.2, 0.25) is 0 Å². The molecule has 0 radical (unpaired) electrons. The molecule has 2 aromatic rings. The van der Waals surface area contributed by atoms with Crippen LogP contribution in [-0.4, -0.2) is 32.7 Å². The lowest BCUT2D eigenvalue weighted by Gasteiger charge is -2.13. The second-order valence-corrected chi connectivity index (χ2v) is 6.54. The zero-order valence-corrected chi connectivity index (χ0v) is 14.2. The number of alkyl halides is 2. The summed E-state index contributed by atoms with van der Waals surface area (Å²) in [4.78, 5) is 14.3. The summed E-state index contributed by atoms with van der Waals surface area (Å²) in [5.41, 5.74) is 0.955. The standard InChI is InChI=1S/C17H20F2N2O2S/c1-21(11-15-3-2-10-24-15)12-16(22)20-9-8-13-4-6-14(7-5-13)23-17(18)19/h2-7,10,17H,8-9,11-12H2,1H3,(H,20,22)/p+1. The zero-order chi connectivity index (χ0) is 17.4. The fourth-order valence-corrected chi connectivity index (χ4v) is 3.11. The molecule has 130 valence electrons. The van der Waals surface area contributed by atoms with Crippen molar-refractivity contribution in [3.05, 3.63) is 52.2 Å². The first kappa shape index (κ1) is 18.4. The molecule has 4 nitrogen and oxygen atoms in total. The highest BCUT2D eigenvalue weighted by Crippen LogP contribution is 2.14. The monoisotopic (exact) mass is 355 g/mol. The van der Waals surface area contributed by atoms with Gasteiger partial charge < -0.3 is 15.0 Å². The lowest BCUT2D eigenvalue weighted by Crippen LogP contribution is -3.08. The molecule has 2 N–H and O–H groups in total. The van der Waals surface area contributed by atoms with Crippen LogP contribution in [0.25, 0.3) is 0 Å². The van der Waals surface area contributed by atoms with E-state index in [0.29, 0.717) is 19.5 Å².